The summed E-state index contributed by atoms with van der Waals surface area (Å²) in [7, 11) is 0. The van der Waals surface area contributed by atoms with E-state index in [4.69, 9.17) is 17.2 Å². The van der Waals surface area contributed by atoms with E-state index in [1.807, 2.05) is 79.7 Å². The third-order valence-electron chi connectivity index (χ3n) is 11.5. The van der Waals surface area contributed by atoms with Crippen LogP contribution in [0.25, 0.3) is 10.9 Å². The second-order valence-corrected chi connectivity index (χ2v) is 16.7. The first kappa shape index (κ1) is 48.8. The Morgan fingerprint density at radius 2 is 1.04 bits per heavy atom. The molecule has 2 heterocycles. The SMILES string of the molecule is Cc1ccc(C[C@H](NC(=O)[C@@H](Cc2ccccc2)NC(=O)[C@@H](Cc2c[nH]c3ccccc23)NC(=O)[C@@H](N)CCCN)C(=O)N[C@H](Cc2ccccc2)C(=O)N[C@H](Cc2cnc[nH]2)C(N)=O)cc1. The van der Waals surface area contributed by atoms with Gasteiger partial charge in [-0.25, -0.2) is 4.98 Å². The molecule has 0 bridgehead atoms. The molecule has 17 heteroatoms. The van der Waals surface area contributed by atoms with Crippen LogP contribution in [-0.4, -0.2) is 93.2 Å². The van der Waals surface area contributed by atoms with Crippen LogP contribution in [0.3, 0.4) is 0 Å². The predicted octanol–water partition coefficient (Wildman–Crippen LogP) is 1.69. The Bertz CT molecular complexity index is 2570. The molecule has 6 atom stereocenters. The second kappa shape index (κ2) is 24.1. The summed E-state index contributed by atoms with van der Waals surface area (Å²) in [6, 6.07) is 26.1. The van der Waals surface area contributed by atoms with E-state index in [9.17, 15) is 28.8 Å². The molecule has 4 aromatic carbocycles. The van der Waals surface area contributed by atoms with E-state index in [0.717, 1.165) is 22.0 Å². The first-order valence-electron chi connectivity index (χ1n) is 22.3. The minimum Gasteiger partial charge on any atom is -0.368 e. The average molecular weight is 910 g/mol. The number of primary amides is 1. The molecule has 2 aromatic heterocycles. The summed E-state index contributed by atoms with van der Waals surface area (Å²) in [5.41, 5.74) is 22.9. The Morgan fingerprint density at radius 1 is 0.567 bits per heavy atom. The predicted molar refractivity (Wildman–Crippen MR) is 255 cm³/mol. The minimum atomic E-state index is -1.27. The molecule has 0 unspecified atom stereocenters. The number of nitrogens with one attached hydrogen (secondary N) is 7. The zero-order chi connectivity index (χ0) is 47.7. The van der Waals surface area contributed by atoms with E-state index >= 15 is 0 Å². The van der Waals surface area contributed by atoms with Gasteiger partial charge in [0, 0.05) is 61.1 Å². The van der Waals surface area contributed by atoms with Gasteiger partial charge in [-0.1, -0.05) is 109 Å². The summed E-state index contributed by atoms with van der Waals surface area (Å²) in [4.78, 5) is 94.0. The zero-order valence-electron chi connectivity index (χ0n) is 37.4. The van der Waals surface area contributed by atoms with Crippen LogP contribution in [-0.2, 0) is 60.9 Å². The number of aromatic nitrogens is 3. The number of imidazole rings is 1. The number of rotatable bonds is 24. The standard InChI is InChI=1S/C50H59N11O6/c1-31-18-20-34(21-19-31)25-43(49(66)59-41(23-32-11-4-2-5-12-32)47(64)57-40(45(53)62)27-36-29-54-30-56-36)60-48(65)42(24-33-13-6-3-7-14-33)61-50(67)44(58-46(63)38(52)16-10-22-51)26-35-28-55-39-17-9-8-15-37(35)39/h2-9,11-15,17-21,28-30,38,40-44,55H,10,16,22-27,51-52H2,1H3,(H2,53,62)(H,54,56)(H,57,64)(H,58,63)(H,59,66)(H,60,65)(H,61,67)/t38-,40+,41+,42+,43-,44+/m0/s1. The summed E-state index contributed by atoms with van der Waals surface area (Å²) in [5.74, 6) is -4.07. The van der Waals surface area contributed by atoms with E-state index < -0.39 is 71.7 Å². The highest BCUT2D eigenvalue weighted by molar-refractivity contribution is 5.97. The number of aryl methyl sites for hydroxylation is 1. The first-order chi connectivity index (χ1) is 32.4. The van der Waals surface area contributed by atoms with Crippen LogP contribution in [0.4, 0.5) is 0 Å². The Balaban J connectivity index is 1.29. The number of hydrogen-bond donors (Lipinski definition) is 10. The molecule has 6 aromatic rings. The summed E-state index contributed by atoms with van der Waals surface area (Å²) in [6.07, 6.45) is 5.68. The molecule has 67 heavy (non-hydrogen) atoms. The fraction of sp³-hybridized carbons (Fsp3) is 0.300. The molecule has 0 saturated heterocycles. The number of carbonyl (C=O) groups excluding carboxylic acids is 6. The highest BCUT2D eigenvalue weighted by atomic mass is 16.2. The number of fused-ring (bicyclic) bond motifs is 1. The van der Waals surface area contributed by atoms with Crippen molar-refractivity contribution in [2.45, 2.75) is 88.1 Å². The summed E-state index contributed by atoms with van der Waals surface area (Å²) >= 11 is 0. The molecule has 6 amide bonds. The number of benzene rings is 4. The van der Waals surface area contributed by atoms with Gasteiger partial charge >= 0.3 is 0 Å². The Labute approximate surface area is 388 Å². The highest BCUT2D eigenvalue weighted by Crippen LogP contribution is 2.20. The third-order valence-corrected chi connectivity index (χ3v) is 11.5. The van der Waals surface area contributed by atoms with Gasteiger partial charge in [-0.3, -0.25) is 28.8 Å². The van der Waals surface area contributed by atoms with Crippen molar-refractivity contribution in [3.05, 3.63) is 161 Å². The van der Waals surface area contributed by atoms with Gasteiger partial charge in [0.05, 0.1) is 12.4 Å². The second-order valence-electron chi connectivity index (χ2n) is 16.7. The van der Waals surface area contributed by atoms with Crippen molar-refractivity contribution in [1.82, 2.24) is 41.5 Å². The third kappa shape index (κ3) is 14.4. The molecule has 0 spiro atoms. The molecule has 0 aliphatic rings. The molecule has 17 nitrogen and oxygen atoms in total. The van der Waals surface area contributed by atoms with Crippen molar-refractivity contribution in [2.24, 2.45) is 17.2 Å². The van der Waals surface area contributed by atoms with Gasteiger partial charge in [-0.15, -0.1) is 0 Å². The lowest BCUT2D eigenvalue weighted by atomic mass is 9.99. The fourth-order valence-corrected chi connectivity index (χ4v) is 7.69. The monoisotopic (exact) mass is 909 g/mol. The van der Waals surface area contributed by atoms with Crippen LogP contribution in [0.2, 0.25) is 0 Å². The smallest absolute Gasteiger partial charge is 0.243 e. The summed E-state index contributed by atoms with van der Waals surface area (Å²) in [5, 5.41) is 15.0. The number of nitrogens with two attached hydrogens (primary N) is 3. The van der Waals surface area contributed by atoms with E-state index in [1.165, 1.54) is 12.5 Å². The van der Waals surface area contributed by atoms with Crippen molar-refractivity contribution >= 4 is 46.3 Å². The number of amides is 6. The molecule has 6 rings (SSSR count). The van der Waals surface area contributed by atoms with Crippen molar-refractivity contribution in [3.63, 3.8) is 0 Å². The number of nitrogens with zero attached hydrogens (tertiary/aromatic N) is 1. The Morgan fingerprint density at radius 3 is 1.55 bits per heavy atom. The van der Waals surface area contributed by atoms with E-state index in [2.05, 4.69) is 41.5 Å². The van der Waals surface area contributed by atoms with Crippen LogP contribution >= 0.6 is 0 Å². The first-order valence-corrected chi connectivity index (χ1v) is 22.3. The molecule has 0 aliphatic carbocycles. The average Bonchev–Trinajstić information content (AvgIpc) is 4.01. The van der Waals surface area contributed by atoms with E-state index in [-0.39, 0.29) is 32.1 Å². The fourth-order valence-electron chi connectivity index (χ4n) is 7.69. The minimum absolute atomic E-state index is 0.00715. The Hall–Kier alpha value is -7.63. The van der Waals surface area contributed by atoms with Gasteiger partial charge < -0.3 is 53.8 Å². The normalized spacial score (nSPS) is 13.8. The lowest BCUT2D eigenvalue weighted by molar-refractivity contribution is -0.135. The van der Waals surface area contributed by atoms with Crippen LogP contribution in [0.5, 0.6) is 0 Å². The van der Waals surface area contributed by atoms with Gasteiger partial charge in [0.1, 0.15) is 30.2 Å². The molecule has 0 aliphatic heterocycles. The molecular weight excluding hydrogens is 851 g/mol. The van der Waals surface area contributed by atoms with Crippen LogP contribution in [0, 0.1) is 6.92 Å². The molecule has 0 fully saturated rings. The van der Waals surface area contributed by atoms with E-state index in [1.54, 1.807) is 42.6 Å². The molecule has 0 saturated carbocycles. The van der Waals surface area contributed by atoms with Crippen molar-refractivity contribution in [1.29, 1.82) is 0 Å². The maximum atomic E-state index is 14.7. The molecule has 0 radical (unpaired) electrons. The van der Waals surface area contributed by atoms with Gasteiger partial charge in [0.15, 0.2) is 0 Å². The van der Waals surface area contributed by atoms with E-state index in [0.29, 0.717) is 41.8 Å². The maximum Gasteiger partial charge on any atom is 0.243 e. The van der Waals surface area contributed by atoms with Gasteiger partial charge in [-0.05, 0) is 54.6 Å². The quantitative estimate of drug-likeness (QED) is 0.0423. The summed E-state index contributed by atoms with van der Waals surface area (Å²) < 4.78 is 0. The maximum absolute atomic E-state index is 14.7. The summed E-state index contributed by atoms with van der Waals surface area (Å²) in [6.45, 7) is 2.26. The largest absolute Gasteiger partial charge is 0.368 e. The molecule has 350 valence electrons. The molecular formula is C50H59N11O6. The van der Waals surface area contributed by atoms with Gasteiger partial charge in [0.25, 0.3) is 0 Å². The van der Waals surface area contributed by atoms with Gasteiger partial charge in [-0.2, -0.15) is 0 Å². The number of carbonyl (C=O) groups is 6. The number of H-pyrrole nitrogens is 2. The van der Waals surface area contributed by atoms with Crippen molar-refractivity contribution in [3.8, 4) is 0 Å². The topological polar surface area (TPSA) is 285 Å². The number of hydrogen-bond acceptors (Lipinski definition) is 9. The lowest BCUT2D eigenvalue weighted by Gasteiger charge is -2.27. The van der Waals surface area contributed by atoms with Crippen molar-refractivity contribution < 1.29 is 28.8 Å². The van der Waals surface area contributed by atoms with Crippen LogP contribution in [0.1, 0.15) is 46.4 Å². The number of para-hydroxylation sites is 1. The molecule has 13 N–H and O–H groups in total. The van der Waals surface area contributed by atoms with Gasteiger partial charge in [0.2, 0.25) is 35.4 Å². The number of aromatic amines is 2. The van der Waals surface area contributed by atoms with Crippen LogP contribution in [0.15, 0.2) is 128 Å². The zero-order valence-corrected chi connectivity index (χ0v) is 37.4. The lowest BCUT2D eigenvalue weighted by Crippen LogP contribution is -2.60. The Kier molecular flexibility index (Phi) is 17.5. The highest BCUT2D eigenvalue weighted by Gasteiger charge is 2.34. The van der Waals surface area contributed by atoms with Crippen molar-refractivity contribution in [2.75, 3.05) is 6.54 Å². The van der Waals surface area contributed by atoms with Crippen LogP contribution < -0.4 is 43.8 Å².